The highest BCUT2D eigenvalue weighted by Crippen LogP contribution is 2.34. The van der Waals surface area contributed by atoms with Crippen molar-refractivity contribution < 1.29 is 21.6 Å². The minimum Gasteiger partial charge on any atom is -0.324 e. The summed E-state index contributed by atoms with van der Waals surface area (Å²) in [4.78, 5) is -0.760. The molecule has 1 aliphatic rings. The van der Waals surface area contributed by atoms with E-state index in [2.05, 4.69) is 4.72 Å². The first kappa shape index (κ1) is 21.2. The molecule has 24 heavy (non-hydrogen) atoms. The monoisotopic (exact) mass is 386 g/mol. The molecule has 0 amide bonds. The molecule has 1 aliphatic carbocycles. The maximum atomic E-state index is 13.0. The Bertz CT molecular complexity index is 642. The van der Waals surface area contributed by atoms with Crippen molar-refractivity contribution in [2.75, 3.05) is 6.54 Å². The van der Waals surface area contributed by atoms with Crippen LogP contribution in [0.2, 0.25) is 0 Å². The Balaban J connectivity index is 0.00000288. The Kier molecular flexibility index (Phi) is 7.10. The summed E-state index contributed by atoms with van der Waals surface area (Å²) >= 11 is 0. The van der Waals surface area contributed by atoms with Crippen LogP contribution >= 0.6 is 12.4 Å². The fraction of sp³-hybridized carbons (Fsp3) is 0.600. The molecule has 0 heterocycles. The third-order valence-corrected chi connectivity index (χ3v) is 5.65. The molecule has 1 saturated carbocycles. The Labute approximate surface area is 146 Å². The molecule has 138 valence electrons. The number of nitrogens with two attached hydrogens (primary N) is 1. The second-order valence-corrected chi connectivity index (χ2v) is 7.83. The van der Waals surface area contributed by atoms with E-state index in [1.165, 1.54) is 6.07 Å². The molecule has 1 aromatic carbocycles. The molecule has 1 aromatic rings. The predicted molar refractivity (Wildman–Crippen MR) is 88.5 cm³/mol. The topological polar surface area (TPSA) is 72.2 Å². The van der Waals surface area contributed by atoms with Crippen LogP contribution in [0.5, 0.6) is 0 Å². The second kappa shape index (κ2) is 8.03. The molecule has 9 heteroatoms. The summed E-state index contributed by atoms with van der Waals surface area (Å²) in [6.07, 6.45) is 0.487. The normalized spacial score (nSPS) is 18.5. The number of alkyl halides is 3. The van der Waals surface area contributed by atoms with Crippen molar-refractivity contribution in [2.45, 2.75) is 55.1 Å². The van der Waals surface area contributed by atoms with Crippen molar-refractivity contribution in [3.05, 3.63) is 29.8 Å². The van der Waals surface area contributed by atoms with Crippen LogP contribution < -0.4 is 10.5 Å². The van der Waals surface area contributed by atoms with Gasteiger partial charge in [-0.05, 0) is 25.0 Å². The highest BCUT2D eigenvalue weighted by Gasteiger charge is 2.37. The lowest BCUT2D eigenvalue weighted by atomic mass is 9.92. The Morgan fingerprint density at radius 2 is 1.62 bits per heavy atom. The summed E-state index contributed by atoms with van der Waals surface area (Å²) < 4.78 is 65.8. The van der Waals surface area contributed by atoms with Crippen LogP contribution in [0, 0.1) is 0 Å². The second-order valence-electron chi connectivity index (χ2n) is 6.10. The van der Waals surface area contributed by atoms with Gasteiger partial charge in [0.1, 0.15) is 0 Å². The lowest BCUT2D eigenvalue weighted by molar-refractivity contribution is -0.139. The van der Waals surface area contributed by atoms with Gasteiger partial charge in [-0.1, -0.05) is 37.8 Å². The first-order valence-corrected chi connectivity index (χ1v) is 9.07. The van der Waals surface area contributed by atoms with Crippen LogP contribution in [0.3, 0.4) is 0 Å². The molecule has 0 bridgehead atoms. The highest BCUT2D eigenvalue weighted by atomic mass is 35.5. The summed E-state index contributed by atoms with van der Waals surface area (Å²) in [6, 6.07) is 4.16. The van der Waals surface area contributed by atoms with Crippen LogP contribution in [-0.2, 0) is 16.2 Å². The van der Waals surface area contributed by atoms with E-state index >= 15 is 0 Å². The highest BCUT2D eigenvalue weighted by molar-refractivity contribution is 7.89. The first-order valence-electron chi connectivity index (χ1n) is 7.59. The lowest BCUT2D eigenvalue weighted by Crippen LogP contribution is -2.49. The maximum absolute atomic E-state index is 13.0. The molecule has 2 rings (SSSR count). The third kappa shape index (κ3) is 5.34. The standard InChI is InChI=1S/C15H21F3N2O2S.ClH/c16-15(17,18)12-7-3-4-8-13(12)23(21,22)20-11-14(19)9-5-1-2-6-10-14;/h3-4,7-8,20H,1-2,5-6,9-11,19H2;1H. The number of nitrogens with one attached hydrogen (secondary N) is 1. The number of rotatable bonds is 4. The van der Waals surface area contributed by atoms with Gasteiger partial charge in [0.15, 0.2) is 0 Å². The van der Waals surface area contributed by atoms with Crippen molar-refractivity contribution in [3.8, 4) is 0 Å². The van der Waals surface area contributed by atoms with Crippen LogP contribution in [-0.4, -0.2) is 20.5 Å². The third-order valence-electron chi connectivity index (χ3n) is 4.20. The summed E-state index contributed by atoms with van der Waals surface area (Å²) in [5.41, 5.74) is 4.35. The molecule has 0 radical (unpaired) electrons. The van der Waals surface area contributed by atoms with Crippen LogP contribution in [0.4, 0.5) is 13.2 Å². The minimum atomic E-state index is -4.73. The van der Waals surface area contributed by atoms with Gasteiger partial charge in [0.2, 0.25) is 10.0 Å². The summed E-state index contributed by atoms with van der Waals surface area (Å²) in [6.45, 7) is -0.0540. The van der Waals surface area contributed by atoms with Gasteiger partial charge >= 0.3 is 6.18 Å². The minimum absolute atomic E-state index is 0. The van der Waals surface area contributed by atoms with Gasteiger partial charge in [0, 0.05) is 12.1 Å². The van der Waals surface area contributed by atoms with E-state index in [0.717, 1.165) is 43.9 Å². The van der Waals surface area contributed by atoms with Crippen LogP contribution in [0.15, 0.2) is 29.2 Å². The number of sulfonamides is 1. The molecule has 0 atom stereocenters. The fourth-order valence-electron chi connectivity index (χ4n) is 2.86. The van der Waals surface area contributed by atoms with Crippen molar-refractivity contribution in [1.82, 2.24) is 4.72 Å². The van der Waals surface area contributed by atoms with Crippen molar-refractivity contribution >= 4 is 22.4 Å². The zero-order valence-electron chi connectivity index (χ0n) is 13.1. The molecule has 4 nitrogen and oxygen atoms in total. The predicted octanol–water partition coefficient (Wildman–Crippen LogP) is 3.46. The van der Waals surface area contributed by atoms with Gasteiger partial charge in [-0.2, -0.15) is 13.2 Å². The zero-order valence-corrected chi connectivity index (χ0v) is 14.7. The Morgan fingerprint density at radius 3 is 2.17 bits per heavy atom. The van der Waals surface area contributed by atoms with E-state index in [1.54, 1.807) is 0 Å². The SMILES string of the molecule is Cl.NC1(CNS(=O)(=O)c2ccccc2C(F)(F)F)CCCCCC1. The largest absolute Gasteiger partial charge is 0.417 e. The Morgan fingerprint density at radius 1 is 1.08 bits per heavy atom. The molecule has 3 N–H and O–H groups in total. The van der Waals surface area contributed by atoms with E-state index < -0.39 is 32.2 Å². The smallest absolute Gasteiger partial charge is 0.324 e. The van der Waals surface area contributed by atoms with Crippen molar-refractivity contribution in [1.29, 1.82) is 0 Å². The molecule has 0 spiro atoms. The molecule has 1 fully saturated rings. The molecule has 0 saturated heterocycles. The van der Waals surface area contributed by atoms with E-state index in [-0.39, 0.29) is 19.0 Å². The maximum Gasteiger partial charge on any atom is 0.417 e. The average molecular weight is 387 g/mol. The first-order chi connectivity index (χ1) is 10.6. The molecular weight excluding hydrogens is 365 g/mol. The van der Waals surface area contributed by atoms with Gasteiger partial charge in [0.05, 0.1) is 10.5 Å². The number of halogens is 4. The quantitative estimate of drug-likeness (QED) is 0.778. The summed E-state index contributed by atoms with van der Waals surface area (Å²) in [5.74, 6) is 0. The molecular formula is C15H22ClF3N2O2S. The molecule has 0 aliphatic heterocycles. The fourth-order valence-corrected chi connectivity index (χ4v) is 4.23. The molecule has 0 aromatic heterocycles. The van der Waals surface area contributed by atoms with Gasteiger partial charge in [0.25, 0.3) is 0 Å². The summed E-state index contributed by atoms with van der Waals surface area (Å²) in [5, 5.41) is 0. The van der Waals surface area contributed by atoms with Gasteiger partial charge < -0.3 is 5.73 Å². The van der Waals surface area contributed by atoms with Crippen molar-refractivity contribution in [3.63, 3.8) is 0 Å². The van der Waals surface area contributed by atoms with Crippen molar-refractivity contribution in [2.24, 2.45) is 5.73 Å². The van der Waals surface area contributed by atoms with Crippen LogP contribution in [0.1, 0.15) is 44.1 Å². The van der Waals surface area contributed by atoms with E-state index in [0.29, 0.717) is 12.8 Å². The van der Waals surface area contributed by atoms with Gasteiger partial charge in [-0.15, -0.1) is 12.4 Å². The number of benzene rings is 1. The number of hydrogen-bond donors (Lipinski definition) is 2. The van der Waals surface area contributed by atoms with Gasteiger partial charge in [-0.3, -0.25) is 0 Å². The zero-order chi connectivity index (χ0) is 17.1. The van der Waals surface area contributed by atoms with E-state index in [9.17, 15) is 21.6 Å². The lowest BCUT2D eigenvalue weighted by Gasteiger charge is -2.28. The van der Waals surface area contributed by atoms with E-state index in [4.69, 9.17) is 5.73 Å². The Hall–Kier alpha value is -0.830. The van der Waals surface area contributed by atoms with Gasteiger partial charge in [-0.25, -0.2) is 13.1 Å². The van der Waals surface area contributed by atoms with E-state index in [1.807, 2.05) is 0 Å². The number of hydrogen-bond acceptors (Lipinski definition) is 3. The molecule has 0 unspecified atom stereocenters. The summed E-state index contributed by atoms with van der Waals surface area (Å²) in [7, 11) is -4.27. The average Bonchev–Trinajstić information content (AvgIpc) is 2.70. The van der Waals surface area contributed by atoms with Crippen LogP contribution in [0.25, 0.3) is 0 Å².